The molecule has 2 rings (SSSR count). The standard InChI is InChI=1S/C6H5N5OS/c12-6-10-8-4-11(6)9-3-5-7-1-2-13-5/h1-4H,(H,10,12)/b9-3+. The molecule has 0 atom stereocenters. The van der Waals surface area contributed by atoms with Gasteiger partial charge < -0.3 is 0 Å². The fourth-order valence-corrected chi connectivity index (χ4v) is 1.23. The molecule has 0 amide bonds. The molecule has 2 heterocycles. The molecule has 0 aliphatic carbocycles. The van der Waals surface area contributed by atoms with Gasteiger partial charge in [0.05, 0.1) is 6.21 Å². The number of aromatic nitrogens is 4. The lowest BCUT2D eigenvalue weighted by molar-refractivity contribution is 0.834. The lowest BCUT2D eigenvalue weighted by Gasteiger charge is -1.84. The maximum atomic E-state index is 10.9. The molecule has 0 saturated heterocycles. The quantitative estimate of drug-likeness (QED) is 0.680. The lowest BCUT2D eigenvalue weighted by atomic mass is 10.8. The first-order valence-corrected chi connectivity index (χ1v) is 4.30. The molecule has 2 aromatic rings. The Kier molecular flexibility index (Phi) is 2.01. The maximum absolute atomic E-state index is 10.9. The minimum Gasteiger partial charge on any atom is -0.244 e. The van der Waals surface area contributed by atoms with Crippen LogP contribution in [-0.4, -0.2) is 26.1 Å². The van der Waals surface area contributed by atoms with Gasteiger partial charge in [0.15, 0.2) is 0 Å². The highest BCUT2D eigenvalue weighted by Gasteiger charge is 1.92. The number of thiazole rings is 1. The van der Waals surface area contributed by atoms with Crippen LogP contribution < -0.4 is 5.69 Å². The van der Waals surface area contributed by atoms with Crippen molar-refractivity contribution >= 4 is 17.6 Å². The van der Waals surface area contributed by atoms with E-state index in [2.05, 4.69) is 20.3 Å². The molecular weight excluding hydrogens is 190 g/mol. The number of H-pyrrole nitrogens is 1. The number of rotatable bonds is 2. The summed E-state index contributed by atoms with van der Waals surface area (Å²) in [7, 11) is 0. The summed E-state index contributed by atoms with van der Waals surface area (Å²) in [5.74, 6) is 0. The zero-order valence-electron chi connectivity index (χ0n) is 6.41. The zero-order valence-corrected chi connectivity index (χ0v) is 7.23. The summed E-state index contributed by atoms with van der Waals surface area (Å²) in [6.45, 7) is 0. The Hall–Kier alpha value is -1.76. The minimum atomic E-state index is -0.368. The highest BCUT2D eigenvalue weighted by Crippen LogP contribution is 1.99. The molecule has 0 fully saturated rings. The first kappa shape index (κ1) is 7.87. The average molecular weight is 195 g/mol. The van der Waals surface area contributed by atoms with Gasteiger partial charge in [0.25, 0.3) is 0 Å². The van der Waals surface area contributed by atoms with E-state index < -0.39 is 0 Å². The summed E-state index contributed by atoms with van der Waals surface area (Å²) in [5.41, 5.74) is -0.368. The van der Waals surface area contributed by atoms with E-state index in [-0.39, 0.29) is 5.69 Å². The van der Waals surface area contributed by atoms with Crippen molar-refractivity contribution in [3.05, 3.63) is 33.4 Å². The van der Waals surface area contributed by atoms with Crippen LogP contribution in [-0.2, 0) is 0 Å². The second-order valence-corrected chi connectivity index (χ2v) is 3.05. The maximum Gasteiger partial charge on any atom is 0.363 e. The first-order chi connectivity index (χ1) is 6.36. The summed E-state index contributed by atoms with van der Waals surface area (Å²) in [6.07, 6.45) is 4.47. The number of aromatic amines is 1. The van der Waals surface area contributed by atoms with E-state index in [1.807, 2.05) is 5.38 Å². The molecule has 1 N–H and O–H groups in total. The van der Waals surface area contributed by atoms with E-state index in [0.29, 0.717) is 0 Å². The Morgan fingerprint density at radius 1 is 1.69 bits per heavy atom. The van der Waals surface area contributed by atoms with Crippen molar-refractivity contribution in [1.82, 2.24) is 19.9 Å². The topological polar surface area (TPSA) is 75.9 Å². The molecular formula is C6H5N5OS. The Labute approximate surface area is 76.6 Å². The Morgan fingerprint density at radius 3 is 3.23 bits per heavy atom. The van der Waals surface area contributed by atoms with Gasteiger partial charge in [-0.05, 0) is 0 Å². The van der Waals surface area contributed by atoms with Gasteiger partial charge in [0, 0.05) is 11.6 Å². The summed E-state index contributed by atoms with van der Waals surface area (Å²) in [4.78, 5) is 14.9. The Morgan fingerprint density at radius 2 is 2.62 bits per heavy atom. The largest absolute Gasteiger partial charge is 0.363 e. The van der Waals surface area contributed by atoms with Crippen LogP contribution in [0.5, 0.6) is 0 Å². The molecule has 0 bridgehead atoms. The van der Waals surface area contributed by atoms with Gasteiger partial charge in [-0.2, -0.15) is 14.9 Å². The number of hydrogen-bond acceptors (Lipinski definition) is 5. The number of hydrogen-bond donors (Lipinski definition) is 1. The summed E-state index contributed by atoms with van der Waals surface area (Å²) in [5, 5.41) is 12.2. The van der Waals surface area contributed by atoms with Crippen molar-refractivity contribution in [3.8, 4) is 0 Å². The molecule has 13 heavy (non-hydrogen) atoms. The van der Waals surface area contributed by atoms with Crippen molar-refractivity contribution in [3.63, 3.8) is 0 Å². The fourth-order valence-electron chi connectivity index (χ4n) is 0.735. The lowest BCUT2D eigenvalue weighted by Crippen LogP contribution is -2.11. The average Bonchev–Trinajstić information content (AvgIpc) is 2.72. The van der Waals surface area contributed by atoms with Crippen LogP contribution in [0.2, 0.25) is 0 Å². The van der Waals surface area contributed by atoms with Gasteiger partial charge in [-0.3, -0.25) is 0 Å². The van der Waals surface area contributed by atoms with Crippen LogP contribution in [0.15, 0.2) is 27.8 Å². The third-order valence-electron chi connectivity index (χ3n) is 1.28. The van der Waals surface area contributed by atoms with E-state index in [0.717, 1.165) is 9.68 Å². The van der Waals surface area contributed by atoms with Crippen LogP contribution in [0.25, 0.3) is 0 Å². The highest BCUT2D eigenvalue weighted by atomic mass is 32.1. The molecule has 0 aliphatic rings. The monoisotopic (exact) mass is 195 g/mol. The van der Waals surface area contributed by atoms with Crippen molar-refractivity contribution in [2.75, 3.05) is 0 Å². The van der Waals surface area contributed by atoms with Gasteiger partial charge in [-0.25, -0.2) is 14.9 Å². The van der Waals surface area contributed by atoms with Crippen LogP contribution in [0.4, 0.5) is 0 Å². The van der Waals surface area contributed by atoms with Crippen molar-refractivity contribution in [2.24, 2.45) is 5.10 Å². The first-order valence-electron chi connectivity index (χ1n) is 3.42. The number of nitrogens with zero attached hydrogens (tertiary/aromatic N) is 4. The van der Waals surface area contributed by atoms with Gasteiger partial charge in [0.2, 0.25) is 0 Å². The van der Waals surface area contributed by atoms with E-state index in [1.54, 1.807) is 6.20 Å². The second-order valence-electron chi connectivity index (χ2n) is 2.12. The van der Waals surface area contributed by atoms with Crippen molar-refractivity contribution in [2.45, 2.75) is 0 Å². The highest BCUT2D eigenvalue weighted by molar-refractivity contribution is 7.11. The smallest absolute Gasteiger partial charge is 0.244 e. The molecule has 6 nitrogen and oxygen atoms in total. The molecule has 7 heteroatoms. The Balaban J connectivity index is 2.24. The second kappa shape index (κ2) is 3.31. The molecule has 2 aromatic heterocycles. The zero-order chi connectivity index (χ0) is 9.10. The molecule has 0 unspecified atom stereocenters. The molecule has 0 aliphatic heterocycles. The third kappa shape index (κ3) is 1.70. The molecule has 0 radical (unpaired) electrons. The van der Waals surface area contributed by atoms with Gasteiger partial charge >= 0.3 is 5.69 Å². The molecule has 66 valence electrons. The van der Waals surface area contributed by atoms with Gasteiger partial charge in [-0.1, -0.05) is 0 Å². The van der Waals surface area contributed by atoms with E-state index in [1.165, 1.54) is 23.9 Å². The molecule has 0 spiro atoms. The van der Waals surface area contributed by atoms with E-state index in [4.69, 9.17) is 0 Å². The Bertz CT molecular complexity index is 453. The summed E-state index contributed by atoms with van der Waals surface area (Å²) in [6, 6.07) is 0. The summed E-state index contributed by atoms with van der Waals surface area (Å²) >= 11 is 1.44. The van der Waals surface area contributed by atoms with E-state index in [9.17, 15) is 4.79 Å². The fraction of sp³-hybridized carbons (Fsp3) is 0. The van der Waals surface area contributed by atoms with Crippen molar-refractivity contribution < 1.29 is 0 Å². The van der Waals surface area contributed by atoms with Crippen LogP contribution >= 0.6 is 11.3 Å². The summed E-state index contributed by atoms with van der Waals surface area (Å²) < 4.78 is 1.10. The van der Waals surface area contributed by atoms with Crippen LogP contribution in [0.1, 0.15) is 5.01 Å². The SMILES string of the molecule is O=c1[nH]ncn1/N=C/c1nccs1. The third-order valence-corrected chi connectivity index (χ3v) is 1.99. The predicted molar refractivity (Wildman–Crippen MR) is 48.0 cm³/mol. The van der Waals surface area contributed by atoms with Crippen LogP contribution in [0.3, 0.4) is 0 Å². The predicted octanol–water partition coefficient (Wildman–Crippen LogP) is -0.0899. The van der Waals surface area contributed by atoms with Crippen molar-refractivity contribution in [1.29, 1.82) is 0 Å². The minimum absolute atomic E-state index is 0.368. The van der Waals surface area contributed by atoms with Crippen LogP contribution in [0, 0.1) is 0 Å². The molecule has 0 aromatic carbocycles. The number of nitrogens with one attached hydrogen (secondary N) is 1. The van der Waals surface area contributed by atoms with Gasteiger partial charge in [0.1, 0.15) is 11.3 Å². The van der Waals surface area contributed by atoms with Gasteiger partial charge in [-0.15, -0.1) is 11.3 Å². The normalized spacial score (nSPS) is 11.1. The molecule has 0 saturated carbocycles. The van der Waals surface area contributed by atoms with E-state index >= 15 is 0 Å².